The number of benzene rings is 1. The van der Waals surface area contributed by atoms with Crippen LogP contribution in [0.2, 0.25) is 0 Å². The van der Waals surface area contributed by atoms with Crippen LogP contribution in [0.4, 0.5) is 8.78 Å². The normalized spacial score (nSPS) is 31.4. The SMILES string of the molecule is COc1cc2ccnc(O[C@@H]3C[C@H]4C(=O)N[C@]5(C(=O)NS(=O)(=O)C6(F)CC6)C[C@H]5/C=C\CC[C@@H](C)C[C@@H](C)CC(=O)N4C3)c2cc1F. The number of methoxy groups -OCH3 is 1. The Morgan fingerprint density at radius 2 is 1.94 bits per heavy atom. The van der Waals surface area contributed by atoms with Crippen molar-refractivity contribution < 1.29 is 41.1 Å². The van der Waals surface area contributed by atoms with Gasteiger partial charge in [0, 0.05) is 43.2 Å². The summed E-state index contributed by atoms with van der Waals surface area (Å²) >= 11 is 0. The van der Waals surface area contributed by atoms with Gasteiger partial charge in [0.05, 0.1) is 13.7 Å². The van der Waals surface area contributed by atoms with E-state index in [2.05, 4.69) is 17.2 Å². The number of pyridine rings is 1. The third-order valence-corrected chi connectivity index (χ3v) is 11.6. The predicted molar refractivity (Wildman–Crippen MR) is 168 cm³/mol. The lowest BCUT2D eigenvalue weighted by Gasteiger charge is -2.27. The van der Waals surface area contributed by atoms with Crippen molar-refractivity contribution in [1.82, 2.24) is 19.9 Å². The second-order valence-corrected chi connectivity index (χ2v) is 15.5. The highest BCUT2D eigenvalue weighted by molar-refractivity contribution is 7.91. The van der Waals surface area contributed by atoms with Gasteiger partial charge in [0.1, 0.15) is 17.7 Å². The van der Waals surface area contributed by atoms with Gasteiger partial charge in [-0.05, 0) is 61.1 Å². The first kappa shape index (κ1) is 33.1. The Bertz CT molecular complexity index is 1730. The van der Waals surface area contributed by atoms with Crippen molar-refractivity contribution in [3.05, 3.63) is 42.4 Å². The number of ether oxygens (including phenoxy) is 2. The largest absolute Gasteiger partial charge is 0.494 e. The van der Waals surface area contributed by atoms with Crippen molar-refractivity contribution in [3.8, 4) is 11.6 Å². The monoisotopic (exact) mass is 674 g/mol. The van der Waals surface area contributed by atoms with Crippen LogP contribution in [0.3, 0.4) is 0 Å². The molecule has 6 rings (SSSR count). The lowest BCUT2D eigenvalue weighted by molar-refractivity contribution is -0.140. The average Bonchev–Trinajstić information content (AvgIpc) is 3.89. The molecule has 6 atom stereocenters. The number of nitrogens with zero attached hydrogens (tertiary/aromatic N) is 2. The summed E-state index contributed by atoms with van der Waals surface area (Å²) < 4.78 is 67.7. The van der Waals surface area contributed by atoms with E-state index in [1.54, 1.807) is 12.1 Å². The van der Waals surface area contributed by atoms with E-state index >= 15 is 0 Å². The molecule has 1 saturated heterocycles. The summed E-state index contributed by atoms with van der Waals surface area (Å²) in [6.07, 6.45) is 6.83. The van der Waals surface area contributed by atoms with Crippen LogP contribution in [0.25, 0.3) is 10.8 Å². The Hall–Kier alpha value is -3.81. The molecule has 1 aromatic carbocycles. The fraction of sp³-hybridized carbons (Fsp3) is 0.576. The quantitative estimate of drug-likeness (QED) is 0.439. The Balaban J connectivity index is 1.28. The van der Waals surface area contributed by atoms with E-state index in [0.717, 1.165) is 12.8 Å². The molecule has 47 heavy (non-hydrogen) atoms. The molecule has 1 aromatic heterocycles. The zero-order valence-electron chi connectivity index (χ0n) is 26.6. The van der Waals surface area contributed by atoms with E-state index < -0.39 is 56.3 Å². The molecule has 2 aliphatic heterocycles. The van der Waals surface area contributed by atoms with Crippen LogP contribution in [-0.4, -0.2) is 72.4 Å². The van der Waals surface area contributed by atoms with Gasteiger partial charge in [0.25, 0.3) is 15.9 Å². The van der Waals surface area contributed by atoms with Crippen LogP contribution < -0.4 is 19.5 Å². The van der Waals surface area contributed by atoms with Crippen LogP contribution in [-0.2, 0) is 24.4 Å². The van der Waals surface area contributed by atoms with Crippen molar-refractivity contribution in [2.24, 2.45) is 17.8 Å². The van der Waals surface area contributed by atoms with Crippen molar-refractivity contribution >= 4 is 38.5 Å². The molecule has 4 aliphatic rings. The highest BCUT2D eigenvalue weighted by atomic mass is 32.2. The molecule has 2 aliphatic carbocycles. The number of halogens is 2. The standard InChI is InChI=1S/C33H40F2N4O7S/c1-19-6-4-5-7-22-17-33(22,31(42)38-47(43,44)32(35)9-10-32)37-29(41)26-15-23(18-39(26)28(40)13-20(2)12-19)46-30-24-16-25(34)27(45-3)14-21(24)8-11-36-30/h5,7-8,11,14,16,19-20,22-23,26H,4,6,9-10,12-13,15,17-18H2,1-3H3,(H,37,41)(H,38,42)/b7-5-/t19-,20-,22-,23-,26+,33-/m1/s1. The number of hydrogen-bond acceptors (Lipinski definition) is 8. The van der Waals surface area contributed by atoms with E-state index in [1.807, 2.05) is 17.7 Å². The topological polar surface area (TPSA) is 144 Å². The maximum absolute atomic E-state index is 14.6. The van der Waals surface area contributed by atoms with E-state index in [4.69, 9.17) is 9.47 Å². The number of hydrogen-bond donors (Lipinski definition) is 2. The van der Waals surface area contributed by atoms with Gasteiger partial charge in [-0.15, -0.1) is 0 Å². The number of amides is 3. The van der Waals surface area contributed by atoms with Crippen molar-refractivity contribution in [2.75, 3.05) is 13.7 Å². The predicted octanol–water partition coefficient (Wildman–Crippen LogP) is 3.91. The Morgan fingerprint density at radius 1 is 1.17 bits per heavy atom. The first-order valence-corrected chi connectivity index (χ1v) is 17.6. The summed E-state index contributed by atoms with van der Waals surface area (Å²) in [5.74, 6) is -2.49. The number of sulfonamides is 1. The van der Waals surface area contributed by atoms with Crippen molar-refractivity contribution in [1.29, 1.82) is 0 Å². The molecule has 14 heteroatoms. The number of aromatic nitrogens is 1. The zero-order valence-corrected chi connectivity index (χ0v) is 27.4. The summed E-state index contributed by atoms with van der Waals surface area (Å²) in [4.78, 5) is 46.9. The zero-order chi connectivity index (χ0) is 33.7. The molecule has 2 saturated carbocycles. The van der Waals surface area contributed by atoms with Gasteiger partial charge in [-0.2, -0.15) is 0 Å². The van der Waals surface area contributed by atoms with Crippen molar-refractivity contribution in [3.63, 3.8) is 0 Å². The van der Waals surface area contributed by atoms with Crippen LogP contribution in [0.5, 0.6) is 11.6 Å². The highest BCUT2D eigenvalue weighted by Crippen LogP contribution is 2.48. The maximum Gasteiger partial charge on any atom is 0.270 e. The number of carbonyl (C=O) groups excluding carboxylic acids is 3. The molecule has 3 fully saturated rings. The average molecular weight is 675 g/mol. The van der Waals surface area contributed by atoms with Crippen molar-refractivity contribution in [2.45, 2.75) is 87.9 Å². The second-order valence-electron chi connectivity index (χ2n) is 13.6. The third kappa shape index (κ3) is 6.53. The number of rotatable bonds is 6. The molecule has 11 nitrogen and oxygen atoms in total. The highest BCUT2D eigenvalue weighted by Gasteiger charge is 2.64. The number of nitrogens with one attached hydrogen (secondary N) is 2. The van der Waals surface area contributed by atoms with Gasteiger partial charge in [-0.3, -0.25) is 14.4 Å². The van der Waals surface area contributed by atoms with E-state index in [1.165, 1.54) is 30.3 Å². The van der Waals surface area contributed by atoms with Gasteiger partial charge in [0.15, 0.2) is 11.6 Å². The van der Waals surface area contributed by atoms with Crippen LogP contribution >= 0.6 is 0 Å². The van der Waals surface area contributed by atoms with E-state index in [-0.39, 0.29) is 62.1 Å². The smallest absolute Gasteiger partial charge is 0.270 e. The van der Waals surface area contributed by atoms with Gasteiger partial charge in [-0.25, -0.2) is 26.9 Å². The Morgan fingerprint density at radius 3 is 2.66 bits per heavy atom. The molecular weight excluding hydrogens is 634 g/mol. The maximum atomic E-state index is 14.6. The van der Waals surface area contributed by atoms with Crippen LogP contribution in [0.1, 0.15) is 65.2 Å². The molecule has 0 unspecified atom stereocenters. The van der Waals surface area contributed by atoms with E-state index in [9.17, 15) is 31.6 Å². The minimum atomic E-state index is -4.61. The second kappa shape index (κ2) is 12.3. The van der Waals surface area contributed by atoms with Crippen LogP contribution in [0, 0.1) is 23.6 Å². The summed E-state index contributed by atoms with van der Waals surface area (Å²) in [5.41, 5.74) is -1.62. The minimum Gasteiger partial charge on any atom is -0.494 e. The first-order chi connectivity index (χ1) is 22.2. The molecule has 0 bridgehead atoms. The first-order valence-electron chi connectivity index (χ1n) is 16.1. The minimum absolute atomic E-state index is 0.0389. The summed E-state index contributed by atoms with van der Waals surface area (Å²) in [6, 6.07) is 3.42. The summed E-state index contributed by atoms with van der Waals surface area (Å²) in [7, 11) is -3.24. The van der Waals surface area contributed by atoms with Crippen LogP contribution in [0.15, 0.2) is 36.5 Å². The fourth-order valence-electron chi connectivity index (χ4n) is 6.86. The molecule has 254 valence electrons. The summed E-state index contributed by atoms with van der Waals surface area (Å²) in [5, 5.41) is 1.27. The number of allylic oxidation sites excluding steroid dienone is 1. The van der Waals surface area contributed by atoms with Gasteiger partial charge >= 0.3 is 0 Å². The number of fused-ring (bicyclic) bond motifs is 3. The molecule has 0 spiro atoms. The van der Waals surface area contributed by atoms with Gasteiger partial charge in [-0.1, -0.05) is 26.0 Å². The van der Waals surface area contributed by atoms with Gasteiger partial charge in [0.2, 0.25) is 22.7 Å². The summed E-state index contributed by atoms with van der Waals surface area (Å²) in [6.45, 7) is 4.15. The molecule has 3 heterocycles. The molecule has 0 radical (unpaired) electrons. The molecule has 2 N–H and O–H groups in total. The van der Waals surface area contributed by atoms with Gasteiger partial charge < -0.3 is 19.7 Å². The number of carbonyl (C=O) groups is 3. The fourth-order valence-corrected chi connectivity index (χ4v) is 8.11. The lowest BCUT2D eigenvalue weighted by Crippen LogP contribution is -2.57. The molecule has 2 aromatic rings. The molecule has 3 amide bonds. The third-order valence-electron chi connectivity index (χ3n) is 9.80. The Labute approximate surface area is 272 Å². The lowest BCUT2D eigenvalue weighted by atomic mass is 9.91. The molecular formula is C33H40F2N4O7S. The number of alkyl halides is 1. The Kier molecular flexibility index (Phi) is 8.69. The van der Waals surface area contributed by atoms with E-state index in [0.29, 0.717) is 23.1 Å².